The van der Waals surface area contributed by atoms with Crippen LogP contribution in [0.1, 0.15) is 30.0 Å². The summed E-state index contributed by atoms with van der Waals surface area (Å²) in [6.07, 6.45) is 0.207. The first-order valence-electron chi connectivity index (χ1n) is 8.20. The van der Waals surface area contributed by atoms with Gasteiger partial charge in [0.25, 0.3) is 0 Å². The van der Waals surface area contributed by atoms with Crippen molar-refractivity contribution in [3.8, 4) is 0 Å². The number of halogens is 1. The molecule has 2 aromatic carbocycles. The fourth-order valence-electron chi connectivity index (χ4n) is 2.53. The minimum Gasteiger partial charge on any atom is -0.326 e. The maximum absolute atomic E-state index is 12.3. The molecule has 0 saturated heterocycles. The van der Waals surface area contributed by atoms with Crippen LogP contribution in [-0.2, 0) is 9.59 Å². The lowest BCUT2D eigenvalue weighted by Gasteiger charge is -2.21. The SMILES string of the molecule is CC(=O)N(CCC(=O)Nc1cccc(C)c1C)c1ccc(C)c(Cl)c1. The molecule has 2 amide bonds. The van der Waals surface area contributed by atoms with Crippen LogP contribution in [0.5, 0.6) is 0 Å². The van der Waals surface area contributed by atoms with Crippen LogP contribution in [0.4, 0.5) is 11.4 Å². The van der Waals surface area contributed by atoms with Gasteiger partial charge in [-0.3, -0.25) is 9.59 Å². The molecule has 0 aliphatic carbocycles. The number of benzene rings is 2. The maximum Gasteiger partial charge on any atom is 0.226 e. The monoisotopic (exact) mass is 358 g/mol. The lowest BCUT2D eigenvalue weighted by Crippen LogP contribution is -2.32. The molecule has 2 rings (SSSR count). The van der Waals surface area contributed by atoms with Crippen LogP contribution in [-0.4, -0.2) is 18.4 Å². The zero-order valence-electron chi connectivity index (χ0n) is 15.0. The maximum atomic E-state index is 12.3. The lowest BCUT2D eigenvalue weighted by atomic mass is 10.1. The molecular weight excluding hydrogens is 336 g/mol. The van der Waals surface area contributed by atoms with Gasteiger partial charge in [-0.2, -0.15) is 0 Å². The Morgan fingerprint density at radius 2 is 1.80 bits per heavy atom. The summed E-state index contributed by atoms with van der Waals surface area (Å²) < 4.78 is 0. The number of hydrogen-bond acceptors (Lipinski definition) is 2. The Labute approximate surface area is 153 Å². The molecule has 0 aliphatic rings. The number of amides is 2. The standard InChI is InChI=1S/C20H23ClN2O2/c1-13-6-5-7-19(15(13)3)22-20(25)10-11-23(16(4)24)17-9-8-14(2)18(21)12-17/h5-9,12H,10-11H2,1-4H3,(H,22,25). The molecule has 2 aromatic rings. The van der Waals surface area contributed by atoms with E-state index in [0.717, 1.165) is 22.4 Å². The Morgan fingerprint density at radius 1 is 1.08 bits per heavy atom. The Balaban J connectivity index is 2.05. The first kappa shape index (κ1) is 19.0. The second-order valence-electron chi connectivity index (χ2n) is 6.15. The zero-order chi connectivity index (χ0) is 18.6. The van der Waals surface area contributed by atoms with E-state index >= 15 is 0 Å². The normalized spacial score (nSPS) is 10.4. The van der Waals surface area contributed by atoms with Crippen molar-refractivity contribution >= 4 is 34.8 Å². The van der Waals surface area contributed by atoms with E-state index in [-0.39, 0.29) is 18.2 Å². The van der Waals surface area contributed by atoms with Gasteiger partial charge in [0.1, 0.15) is 0 Å². The first-order valence-corrected chi connectivity index (χ1v) is 8.57. The van der Waals surface area contributed by atoms with Crippen molar-refractivity contribution in [3.63, 3.8) is 0 Å². The summed E-state index contributed by atoms with van der Waals surface area (Å²) in [4.78, 5) is 25.8. The van der Waals surface area contributed by atoms with Crippen molar-refractivity contribution < 1.29 is 9.59 Å². The summed E-state index contributed by atoms with van der Waals surface area (Å²) >= 11 is 6.15. The molecule has 0 fully saturated rings. The fraction of sp³-hybridized carbons (Fsp3) is 0.300. The number of carbonyl (C=O) groups excluding carboxylic acids is 2. The highest BCUT2D eigenvalue weighted by molar-refractivity contribution is 6.31. The Morgan fingerprint density at radius 3 is 2.44 bits per heavy atom. The van der Waals surface area contributed by atoms with E-state index in [2.05, 4.69) is 5.32 Å². The first-order chi connectivity index (χ1) is 11.8. The van der Waals surface area contributed by atoms with Gasteiger partial charge in [0, 0.05) is 36.3 Å². The van der Waals surface area contributed by atoms with Gasteiger partial charge in [0.05, 0.1) is 0 Å². The third kappa shape index (κ3) is 4.83. The summed E-state index contributed by atoms with van der Waals surface area (Å²) in [6.45, 7) is 7.66. The quantitative estimate of drug-likeness (QED) is 0.845. The second kappa shape index (κ2) is 8.17. The van der Waals surface area contributed by atoms with Gasteiger partial charge in [0.15, 0.2) is 0 Å². The van der Waals surface area contributed by atoms with E-state index in [1.165, 1.54) is 6.92 Å². The van der Waals surface area contributed by atoms with E-state index in [0.29, 0.717) is 17.3 Å². The number of nitrogens with one attached hydrogen (secondary N) is 1. The van der Waals surface area contributed by atoms with Gasteiger partial charge >= 0.3 is 0 Å². The molecule has 0 unspecified atom stereocenters. The van der Waals surface area contributed by atoms with Crippen LogP contribution in [0.15, 0.2) is 36.4 Å². The number of carbonyl (C=O) groups is 2. The smallest absolute Gasteiger partial charge is 0.226 e. The molecule has 0 saturated carbocycles. The molecule has 0 bridgehead atoms. The van der Waals surface area contributed by atoms with Gasteiger partial charge in [-0.15, -0.1) is 0 Å². The Hall–Kier alpha value is -2.33. The van der Waals surface area contributed by atoms with Crippen molar-refractivity contribution in [1.82, 2.24) is 0 Å². The molecule has 0 atom stereocenters. The average molecular weight is 359 g/mol. The third-order valence-corrected chi connectivity index (χ3v) is 4.70. The van der Waals surface area contributed by atoms with Crippen LogP contribution >= 0.6 is 11.6 Å². The van der Waals surface area contributed by atoms with E-state index in [1.54, 1.807) is 11.0 Å². The Kier molecular flexibility index (Phi) is 6.21. The van der Waals surface area contributed by atoms with Crippen LogP contribution in [0, 0.1) is 20.8 Å². The molecule has 0 heterocycles. The van der Waals surface area contributed by atoms with Gasteiger partial charge in [-0.25, -0.2) is 0 Å². The molecule has 5 heteroatoms. The minimum absolute atomic E-state index is 0.126. The molecule has 0 radical (unpaired) electrons. The summed E-state index contributed by atoms with van der Waals surface area (Å²) in [5.74, 6) is -0.252. The predicted octanol–water partition coefficient (Wildman–Crippen LogP) is 4.65. The molecular formula is C20H23ClN2O2. The largest absolute Gasteiger partial charge is 0.326 e. The van der Waals surface area contributed by atoms with Crippen LogP contribution in [0.3, 0.4) is 0 Å². The van der Waals surface area contributed by atoms with Crippen molar-refractivity contribution in [2.24, 2.45) is 0 Å². The minimum atomic E-state index is -0.127. The van der Waals surface area contributed by atoms with Gasteiger partial charge < -0.3 is 10.2 Å². The molecule has 0 aliphatic heterocycles. The number of anilines is 2. The van der Waals surface area contributed by atoms with Crippen LogP contribution in [0.25, 0.3) is 0 Å². The van der Waals surface area contributed by atoms with Gasteiger partial charge in [-0.05, 0) is 55.7 Å². The molecule has 0 spiro atoms. The highest BCUT2D eigenvalue weighted by Gasteiger charge is 2.15. The number of nitrogens with zero attached hydrogens (tertiary/aromatic N) is 1. The highest BCUT2D eigenvalue weighted by atomic mass is 35.5. The molecule has 1 N–H and O–H groups in total. The molecule has 4 nitrogen and oxygen atoms in total. The number of aryl methyl sites for hydroxylation is 2. The van der Waals surface area contributed by atoms with E-state index in [4.69, 9.17) is 11.6 Å². The van der Waals surface area contributed by atoms with Gasteiger partial charge in [0.2, 0.25) is 11.8 Å². The lowest BCUT2D eigenvalue weighted by molar-refractivity contribution is -0.117. The highest BCUT2D eigenvalue weighted by Crippen LogP contribution is 2.24. The van der Waals surface area contributed by atoms with Crippen molar-refractivity contribution in [2.75, 3.05) is 16.8 Å². The van der Waals surface area contributed by atoms with E-state index in [9.17, 15) is 9.59 Å². The summed E-state index contributed by atoms with van der Waals surface area (Å²) in [6, 6.07) is 11.2. The summed E-state index contributed by atoms with van der Waals surface area (Å²) in [5.41, 5.74) is 4.61. The van der Waals surface area contributed by atoms with Crippen LogP contribution in [0.2, 0.25) is 5.02 Å². The fourth-order valence-corrected chi connectivity index (χ4v) is 2.71. The average Bonchev–Trinajstić information content (AvgIpc) is 2.55. The molecule has 132 valence electrons. The second-order valence-corrected chi connectivity index (χ2v) is 6.56. The summed E-state index contributed by atoms with van der Waals surface area (Å²) in [5, 5.41) is 3.51. The van der Waals surface area contributed by atoms with Crippen molar-refractivity contribution in [3.05, 3.63) is 58.1 Å². The van der Waals surface area contributed by atoms with Crippen LogP contribution < -0.4 is 10.2 Å². The van der Waals surface area contributed by atoms with E-state index < -0.39 is 0 Å². The van der Waals surface area contributed by atoms with E-state index in [1.807, 2.05) is 51.1 Å². The molecule has 25 heavy (non-hydrogen) atoms. The summed E-state index contributed by atoms with van der Waals surface area (Å²) in [7, 11) is 0. The predicted molar refractivity (Wildman–Crippen MR) is 103 cm³/mol. The number of rotatable bonds is 5. The van der Waals surface area contributed by atoms with Crippen molar-refractivity contribution in [1.29, 1.82) is 0 Å². The molecule has 0 aromatic heterocycles. The van der Waals surface area contributed by atoms with Crippen molar-refractivity contribution in [2.45, 2.75) is 34.1 Å². The number of hydrogen-bond donors (Lipinski definition) is 1. The Bertz CT molecular complexity index is 802. The zero-order valence-corrected chi connectivity index (χ0v) is 15.8. The third-order valence-electron chi connectivity index (χ3n) is 4.29. The van der Waals surface area contributed by atoms with Gasteiger partial charge in [-0.1, -0.05) is 29.8 Å². The topological polar surface area (TPSA) is 49.4 Å².